The van der Waals surface area contributed by atoms with E-state index in [-0.39, 0.29) is 6.61 Å². The predicted molar refractivity (Wildman–Crippen MR) is 105 cm³/mol. The Bertz CT molecular complexity index is 968. The second kappa shape index (κ2) is 8.69. The Kier molecular flexibility index (Phi) is 6.03. The summed E-state index contributed by atoms with van der Waals surface area (Å²) in [7, 11) is 0. The number of aromatic nitrogens is 6. The molecule has 0 saturated carbocycles. The van der Waals surface area contributed by atoms with E-state index in [1.165, 1.54) is 23.1 Å². The van der Waals surface area contributed by atoms with Crippen molar-refractivity contribution in [1.82, 2.24) is 30.4 Å². The summed E-state index contributed by atoms with van der Waals surface area (Å²) >= 11 is 2.71. The SMILES string of the molecule is Cc1ccccc1-n1nnnc1SCc1nnc(N[C@@H]2OC[C@@H](O)[C@H](O)[C@H]2O)s1. The van der Waals surface area contributed by atoms with Gasteiger partial charge in [0.1, 0.15) is 23.3 Å². The number of hydrogen-bond donors (Lipinski definition) is 4. The summed E-state index contributed by atoms with van der Waals surface area (Å²) in [5, 5.41) is 54.0. The normalized spacial score (nSPS) is 24.6. The van der Waals surface area contributed by atoms with Crippen LogP contribution in [0.4, 0.5) is 5.13 Å². The summed E-state index contributed by atoms with van der Waals surface area (Å²) in [6.07, 6.45) is -4.57. The highest BCUT2D eigenvalue weighted by Gasteiger charge is 2.37. The van der Waals surface area contributed by atoms with Gasteiger partial charge in [-0.25, -0.2) is 0 Å². The van der Waals surface area contributed by atoms with Gasteiger partial charge in [-0.2, -0.15) is 4.68 Å². The van der Waals surface area contributed by atoms with E-state index in [1.807, 2.05) is 31.2 Å². The van der Waals surface area contributed by atoms with E-state index in [2.05, 4.69) is 31.0 Å². The number of para-hydroxylation sites is 1. The molecule has 3 heterocycles. The second-order valence-electron chi connectivity index (χ2n) is 6.40. The molecule has 4 atom stereocenters. The van der Waals surface area contributed by atoms with Crippen LogP contribution in [0.1, 0.15) is 10.6 Å². The van der Waals surface area contributed by atoms with E-state index < -0.39 is 24.5 Å². The van der Waals surface area contributed by atoms with Crippen LogP contribution in [0.25, 0.3) is 5.69 Å². The zero-order valence-corrected chi connectivity index (χ0v) is 16.9. The van der Waals surface area contributed by atoms with Crippen LogP contribution in [0.2, 0.25) is 0 Å². The molecule has 0 aliphatic carbocycles. The van der Waals surface area contributed by atoms with Gasteiger partial charge in [0.25, 0.3) is 0 Å². The Balaban J connectivity index is 1.39. The Hall–Kier alpha value is -2.16. The molecule has 4 rings (SSSR count). The minimum Gasteiger partial charge on any atom is -0.388 e. The molecular weight excluding hydrogens is 418 g/mol. The van der Waals surface area contributed by atoms with Gasteiger partial charge in [-0.3, -0.25) is 0 Å². The van der Waals surface area contributed by atoms with Gasteiger partial charge in [0.15, 0.2) is 6.23 Å². The molecular formula is C16H19N7O4S2. The second-order valence-corrected chi connectivity index (χ2v) is 8.40. The molecule has 0 unspecified atom stereocenters. The topological polar surface area (TPSA) is 151 Å². The molecule has 1 aromatic carbocycles. The zero-order valence-electron chi connectivity index (χ0n) is 15.3. The number of benzene rings is 1. The van der Waals surface area contributed by atoms with Gasteiger partial charge < -0.3 is 25.4 Å². The lowest BCUT2D eigenvalue weighted by Gasteiger charge is -2.35. The van der Waals surface area contributed by atoms with Gasteiger partial charge in [-0.05, 0) is 29.0 Å². The number of aryl methyl sites for hydroxylation is 1. The molecule has 3 aromatic rings. The average Bonchev–Trinajstić information content (AvgIpc) is 3.36. The highest BCUT2D eigenvalue weighted by Crippen LogP contribution is 2.27. The number of rotatable bonds is 6. The predicted octanol–water partition coefficient (Wildman–Crippen LogP) is -0.0346. The van der Waals surface area contributed by atoms with Gasteiger partial charge in [0.05, 0.1) is 18.0 Å². The lowest BCUT2D eigenvalue weighted by atomic mass is 10.0. The molecule has 1 saturated heterocycles. The molecule has 11 nitrogen and oxygen atoms in total. The molecule has 29 heavy (non-hydrogen) atoms. The van der Waals surface area contributed by atoms with Crippen LogP contribution in [0.15, 0.2) is 29.4 Å². The van der Waals surface area contributed by atoms with Crippen LogP contribution in [0.5, 0.6) is 0 Å². The number of thioether (sulfide) groups is 1. The van der Waals surface area contributed by atoms with E-state index in [9.17, 15) is 15.3 Å². The van der Waals surface area contributed by atoms with Gasteiger partial charge in [0.2, 0.25) is 10.3 Å². The van der Waals surface area contributed by atoms with Crippen LogP contribution in [-0.4, -0.2) is 76.9 Å². The lowest BCUT2D eigenvalue weighted by Crippen LogP contribution is -2.55. The molecule has 1 aliphatic rings. The number of aliphatic hydroxyl groups is 3. The summed E-state index contributed by atoms with van der Waals surface area (Å²) < 4.78 is 6.99. The van der Waals surface area contributed by atoms with Gasteiger partial charge >= 0.3 is 0 Å². The van der Waals surface area contributed by atoms with Crippen molar-refractivity contribution in [2.45, 2.75) is 42.4 Å². The number of nitrogens with one attached hydrogen (secondary N) is 1. The Labute approximate surface area is 173 Å². The molecule has 0 radical (unpaired) electrons. The minimum absolute atomic E-state index is 0.0844. The van der Waals surface area contributed by atoms with E-state index in [1.54, 1.807) is 4.68 Å². The van der Waals surface area contributed by atoms with Crippen molar-refractivity contribution < 1.29 is 20.1 Å². The standard InChI is InChI=1S/C16H19N7O4S2/c1-8-4-2-3-5-9(8)23-16(20-21-22-23)28-7-11-18-19-15(29-11)17-14-13(26)12(25)10(24)6-27-14/h2-5,10,12-14,24-26H,6-7H2,1H3,(H,17,19)/t10-,12+,13-,14-/m1/s1. The largest absolute Gasteiger partial charge is 0.388 e. The number of ether oxygens (including phenoxy) is 1. The number of aliphatic hydroxyl groups excluding tert-OH is 3. The fourth-order valence-electron chi connectivity index (χ4n) is 2.77. The Morgan fingerprint density at radius 2 is 2.03 bits per heavy atom. The van der Waals surface area contributed by atoms with E-state index >= 15 is 0 Å². The van der Waals surface area contributed by atoms with E-state index in [0.717, 1.165) is 16.3 Å². The van der Waals surface area contributed by atoms with Crippen LogP contribution >= 0.6 is 23.1 Å². The fraction of sp³-hybridized carbons (Fsp3) is 0.438. The van der Waals surface area contributed by atoms with E-state index in [0.29, 0.717) is 16.0 Å². The smallest absolute Gasteiger partial charge is 0.214 e. The third kappa shape index (κ3) is 4.39. The number of hydrogen-bond acceptors (Lipinski definition) is 12. The number of tetrazole rings is 1. The minimum atomic E-state index is -1.29. The summed E-state index contributed by atoms with van der Waals surface area (Å²) in [4.78, 5) is 0. The maximum atomic E-state index is 10.00. The van der Waals surface area contributed by atoms with Gasteiger partial charge in [-0.15, -0.1) is 15.3 Å². The molecule has 1 aliphatic heterocycles. The molecule has 13 heteroatoms. The molecule has 0 bridgehead atoms. The zero-order chi connectivity index (χ0) is 20.4. The van der Waals surface area contributed by atoms with Crippen molar-refractivity contribution in [2.24, 2.45) is 0 Å². The van der Waals surface area contributed by atoms with Crippen molar-refractivity contribution >= 4 is 28.2 Å². The Morgan fingerprint density at radius 3 is 2.86 bits per heavy atom. The molecule has 0 amide bonds. The van der Waals surface area contributed by atoms with Crippen molar-refractivity contribution in [3.8, 4) is 5.69 Å². The average molecular weight is 438 g/mol. The monoisotopic (exact) mass is 437 g/mol. The van der Waals surface area contributed by atoms with Gasteiger partial charge in [0, 0.05) is 0 Å². The maximum absolute atomic E-state index is 10.00. The highest BCUT2D eigenvalue weighted by molar-refractivity contribution is 7.98. The van der Waals surface area contributed by atoms with Gasteiger partial charge in [-0.1, -0.05) is 41.3 Å². The summed E-state index contributed by atoms with van der Waals surface area (Å²) in [5.74, 6) is 0.501. The summed E-state index contributed by atoms with van der Waals surface area (Å²) in [5.41, 5.74) is 1.96. The highest BCUT2D eigenvalue weighted by atomic mass is 32.2. The van der Waals surface area contributed by atoms with Crippen LogP contribution in [-0.2, 0) is 10.5 Å². The summed E-state index contributed by atoms with van der Waals surface area (Å²) in [6, 6.07) is 7.83. The van der Waals surface area contributed by atoms with E-state index in [4.69, 9.17) is 4.74 Å². The van der Waals surface area contributed by atoms with Crippen LogP contribution in [0, 0.1) is 6.92 Å². The first kappa shape index (κ1) is 20.1. The van der Waals surface area contributed by atoms with Crippen molar-refractivity contribution in [2.75, 3.05) is 11.9 Å². The van der Waals surface area contributed by atoms with Crippen molar-refractivity contribution in [3.63, 3.8) is 0 Å². The number of anilines is 1. The first-order chi connectivity index (χ1) is 14.0. The third-order valence-corrected chi connectivity index (χ3v) is 6.31. The maximum Gasteiger partial charge on any atom is 0.214 e. The molecule has 154 valence electrons. The molecule has 0 spiro atoms. The van der Waals surface area contributed by atoms with Crippen molar-refractivity contribution in [3.05, 3.63) is 34.8 Å². The quantitative estimate of drug-likeness (QED) is 0.385. The molecule has 2 aromatic heterocycles. The van der Waals surface area contributed by atoms with Crippen LogP contribution < -0.4 is 5.32 Å². The lowest BCUT2D eigenvalue weighted by molar-refractivity contribution is -0.178. The Morgan fingerprint density at radius 1 is 1.21 bits per heavy atom. The third-order valence-electron chi connectivity index (χ3n) is 4.34. The first-order valence-corrected chi connectivity index (χ1v) is 10.5. The molecule has 4 N–H and O–H groups in total. The van der Waals surface area contributed by atoms with Crippen molar-refractivity contribution in [1.29, 1.82) is 0 Å². The fourth-order valence-corrected chi connectivity index (χ4v) is 4.41. The molecule has 1 fully saturated rings. The first-order valence-electron chi connectivity index (χ1n) is 8.75. The number of nitrogens with zero attached hydrogens (tertiary/aromatic N) is 6. The van der Waals surface area contributed by atoms with Crippen LogP contribution in [0.3, 0.4) is 0 Å². The summed E-state index contributed by atoms with van der Waals surface area (Å²) in [6.45, 7) is 1.91.